The van der Waals surface area contributed by atoms with E-state index in [0.717, 1.165) is 69.6 Å². The summed E-state index contributed by atoms with van der Waals surface area (Å²) in [5, 5.41) is 2.29. The Labute approximate surface area is 336 Å². The molecule has 57 heavy (non-hydrogen) atoms. The van der Waals surface area contributed by atoms with E-state index in [0.29, 0.717) is 5.41 Å². The number of fused-ring (bicyclic) bond motifs is 5. The number of rotatable bonds is 6. The molecule has 13 rings (SSSR count). The lowest BCUT2D eigenvalue weighted by atomic mass is 9.48. The summed E-state index contributed by atoms with van der Waals surface area (Å²) in [5.74, 6) is 2.84. The maximum Gasteiger partial charge on any atom is 0.137 e. The molecule has 0 aliphatic heterocycles. The molecule has 0 spiro atoms. The molecule has 6 aromatic carbocycles. The minimum Gasteiger partial charge on any atom is -0.456 e. The number of nitrogens with zero attached hydrogens (tertiary/aromatic N) is 1. The van der Waals surface area contributed by atoms with E-state index in [1.54, 1.807) is 11.1 Å². The number of allylic oxidation sites excluding steroid dienone is 4. The van der Waals surface area contributed by atoms with Crippen LogP contribution in [0.5, 0.6) is 0 Å². The molecule has 280 valence electrons. The van der Waals surface area contributed by atoms with Gasteiger partial charge in [-0.15, -0.1) is 0 Å². The number of anilines is 3. The molecule has 0 radical (unpaired) electrons. The lowest BCUT2D eigenvalue weighted by Crippen LogP contribution is -2.48. The van der Waals surface area contributed by atoms with Crippen LogP contribution < -0.4 is 4.90 Å². The highest BCUT2D eigenvalue weighted by molar-refractivity contribution is 6.06. The molecule has 4 fully saturated rings. The fourth-order valence-electron chi connectivity index (χ4n) is 12.7. The first-order valence-corrected chi connectivity index (χ1v) is 21.5. The Balaban J connectivity index is 1.01. The molecule has 7 aromatic rings. The predicted octanol–water partition coefficient (Wildman–Crippen LogP) is 15.3. The quantitative estimate of drug-likeness (QED) is 0.169. The molecule has 2 heteroatoms. The van der Waals surface area contributed by atoms with Crippen molar-refractivity contribution in [3.8, 4) is 22.3 Å². The van der Waals surface area contributed by atoms with Gasteiger partial charge in [-0.2, -0.15) is 0 Å². The highest BCUT2D eigenvalue weighted by atomic mass is 16.3. The molecule has 6 aliphatic carbocycles. The van der Waals surface area contributed by atoms with Crippen LogP contribution in [-0.2, 0) is 10.8 Å². The third-order valence-electron chi connectivity index (χ3n) is 15.0. The summed E-state index contributed by atoms with van der Waals surface area (Å²) in [6.07, 6.45) is 15.6. The van der Waals surface area contributed by atoms with Gasteiger partial charge in [-0.25, -0.2) is 0 Å². The third kappa shape index (κ3) is 5.22. The van der Waals surface area contributed by atoms with E-state index in [9.17, 15) is 0 Å². The van der Waals surface area contributed by atoms with Crippen molar-refractivity contribution in [3.63, 3.8) is 0 Å². The Bertz CT molecular complexity index is 2760. The van der Waals surface area contributed by atoms with E-state index < -0.39 is 0 Å². The Morgan fingerprint density at radius 1 is 0.579 bits per heavy atom. The molecular weight excluding hydrogens is 691 g/mol. The van der Waals surface area contributed by atoms with E-state index in [4.69, 9.17) is 4.42 Å². The third-order valence-corrected chi connectivity index (χ3v) is 15.0. The van der Waals surface area contributed by atoms with Crippen molar-refractivity contribution < 1.29 is 4.42 Å². The molecule has 1 heterocycles. The average Bonchev–Trinajstić information content (AvgIpc) is 3.72. The molecule has 6 aliphatic rings. The van der Waals surface area contributed by atoms with Crippen LogP contribution in [0, 0.1) is 17.8 Å². The van der Waals surface area contributed by atoms with Crippen molar-refractivity contribution in [2.24, 2.45) is 17.8 Å². The molecule has 0 atom stereocenters. The van der Waals surface area contributed by atoms with E-state index in [1.165, 1.54) is 77.5 Å². The fourth-order valence-corrected chi connectivity index (χ4v) is 12.7. The van der Waals surface area contributed by atoms with Crippen LogP contribution >= 0.6 is 0 Å². The van der Waals surface area contributed by atoms with Crippen LogP contribution in [0.1, 0.15) is 81.9 Å². The zero-order valence-electron chi connectivity index (χ0n) is 33.1. The Kier molecular flexibility index (Phi) is 7.32. The zero-order valence-corrected chi connectivity index (χ0v) is 33.1. The topological polar surface area (TPSA) is 16.4 Å². The summed E-state index contributed by atoms with van der Waals surface area (Å²) in [4.78, 5) is 2.47. The maximum absolute atomic E-state index is 6.52. The Hall–Kier alpha value is -5.60. The van der Waals surface area contributed by atoms with Gasteiger partial charge in [-0.3, -0.25) is 0 Å². The molecule has 0 saturated heterocycles. The van der Waals surface area contributed by atoms with Crippen LogP contribution in [0.2, 0.25) is 0 Å². The first-order chi connectivity index (χ1) is 27.9. The lowest BCUT2D eigenvalue weighted by Gasteiger charge is -2.57. The second-order valence-corrected chi connectivity index (χ2v) is 18.7. The van der Waals surface area contributed by atoms with Gasteiger partial charge in [-0.05, 0) is 156 Å². The monoisotopic (exact) mass is 739 g/mol. The molecule has 1 aromatic heterocycles. The normalized spacial score (nSPS) is 24.0. The SMILES string of the molecule is CC1(C)C2=C(C=CCC2)c2ccc(N(c3ccc4c(c3)oc3ccccc34)c3ccc(-c4ccc(C56CC7CC(CC(C7)C5)C6)cc4)cc3-c3ccccc3)cc21. The van der Waals surface area contributed by atoms with Crippen LogP contribution in [0.4, 0.5) is 17.1 Å². The summed E-state index contributed by atoms with van der Waals surface area (Å²) in [7, 11) is 0. The molecule has 0 amide bonds. The number of benzene rings is 6. The fraction of sp³-hybridized carbons (Fsp3) is 0.273. The number of hydrogen-bond donors (Lipinski definition) is 0. The van der Waals surface area contributed by atoms with Gasteiger partial charge in [0.25, 0.3) is 0 Å². The van der Waals surface area contributed by atoms with Gasteiger partial charge in [0.1, 0.15) is 11.2 Å². The minimum atomic E-state index is -0.0335. The lowest BCUT2D eigenvalue weighted by molar-refractivity contribution is -0.00518. The van der Waals surface area contributed by atoms with Crippen LogP contribution in [0.15, 0.2) is 156 Å². The molecule has 0 N–H and O–H groups in total. The summed E-state index contributed by atoms with van der Waals surface area (Å²) in [6, 6.07) is 50.2. The van der Waals surface area contributed by atoms with Gasteiger partial charge in [0.2, 0.25) is 0 Å². The molecule has 4 bridgehead atoms. The second-order valence-electron chi connectivity index (χ2n) is 18.7. The maximum atomic E-state index is 6.52. The summed E-state index contributed by atoms with van der Waals surface area (Å²) in [5.41, 5.74) is 17.9. The highest BCUT2D eigenvalue weighted by Crippen LogP contribution is 2.61. The van der Waals surface area contributed by atoms with Crippen molar-refractivity contribution in [2.75, 3.05) is 4.90 Å². The highest BCUT2D eigenvalue weighted by Gasteiger charge is 2.51. The van der Waals surface area contributed by atoms with Gasteiger partial charge in [0.15, 0.2) is 0 Å². The molecule has 2 nitrogen and oxygen atoms in total. The van der Waals surface area contributed by atoms with Crippen molar-refractivity contribution in [1.82, 2.24) is 0 Å². The van der Waals surface area contributed by atoms with E-state index in [-0.39, 0.29) is 5.41 Å². The standard InChI is InChI=1S/C55H49NO/c1-54(2)49-14-8-6-12-44(49)45-23-21-42(30-50(45)54)56(43-22-24-47-46-13-7-9-15-52(46)57-53(47)31-43)51-25-18-40(29-48(51)39-10-4-3-5-11-39)38-16-19-41(20-17-38)55-32-35-26-36(33-55)28-37(27-35)34-55/h3-7,9-13,15-25,29-31,35-37H,8,14,26-28,32-34H2,1-2H3. The van der Waals surface area contributed by atoms with Gasteiger partial charge < -0.3 is 9.32 Å². The van der Waals surface area contributed by atoms with E-state index >= 15 is 0 Å². The number of para-hydroxylation sites is 1. The Morgan fingerprint density at radius 2 is 1.26 bits per heavy atom. The van der Waals surface area contributed by atoms with Crippen molar-refractivity contribution in [3.05, 3.63) is 168 Å². The summed E-state index contributed by atoms with van der Waals surface area (Å²) < 4.78 is 6.52. The minimum absolute atomic E-state index is 0.0335. The average molecular weight is 740 g/mol. The summed E-state index contributed by atoms with van der Waals surface area (Å²) in [6.45, 7) is 4.83. The largest absolute Gasteiger partial charge is 0.456 e. The van der Waals surface area contributed by atoms with Gasteiger partial charge in [0, 0.05) is 39.2 Å². The van der Waals surface area contributed by atoms with Crippen LogP contribution in [0.25, 0.3) is 49.8 Å². The van der Waals surface area contributed by atoms with Gasteiger partial charge in [-0.1, -0.05) is 117 Å². The zero-order chi connectivity index (χ0) is 37.9. The first kappa shape index (κ1) is 33.5. The molecule has 0 unspecified atom stereocenters. The second kappa shape index (κ2) is 12.4. The predicted molar refractivity (Wildman–Crippen MR) is 237 cm³/mol. The number of hydrogen-bond acceptors (Lipinski definition) is 2. The van der Waals surface area contributed by atoms with E-state index in [1.807, 2.05) is 0 Å². The van der Waals surface area contributed by atoms with Gasteiger partial charge >= 0.3 is 0 Å². The van der Waals surface area contributed by atoms with Crippen molar-refractivity contribution in [2.45, 2.75) is 76.0 Å². The van der Waals surface area contributed by atoms with Crippen molar-refractivity contribution >= 4 is 44.6 Å². The molecular formula is C55H49NO. The van der Waals surface area contributed by atoms with Crippen LogP contribution in [-0.4, -0.2) is 0 Å². The van der Waals surface area contributed by atoms with Gasteiger partial charge in [0.05, 0.1) is 5.69 Å². The molecule has 4 saturated carbocycles. The van der Waals surface area contributed by atoms with Crippen LogP contribution in [0.3, 0.4) is 0 Å². The summed E-state index contributed by atoms with van der Waals surface area (Å²) >= 11 is 0. The smallest absolute Gasteiger partial charge is 0.137 e. The first-order valence-electron chi connectivity index (χ1n) is 21.5. The number of furan rings is 1. The van der Waals surface area contributed by atoms with E-state index in [2.05, 4.69) is 164 Å². The Morgan fingerprint density at radius 3 is 2.05 bits per heavy atom. The van der Waals surface area contributed by atoms with Crippen molar-refractivity contribution in [1.29, 1.82) is 0 Å².